The van der Waals surface area contributed by atoms with E-state index in [2.05, 4.69) is 27.8 Å². The molecule has 98 valence electrons. The van der Waals surface area contributed by atoms with Crippen LogP contribution in [-0.2, 0) is 6.54 Å². The van der Waals surface area contributed by atoms with Crippen molar-refractivity contribution >= 4 is 27.9 Å². The first-order valence-electron chi connectivity index (χ1n) is 6.12. The van der Waals surface area contributed by atoms with E-state index in [1.807, 2.05) is 35.8 Å². The molecule has 1 aromatic carbocycles. The highest BCUT2D eigenvalue weighted by Gasteiger charge is 2.07. The van der Waals surface area contributed by atoms with E-state index in [1.54, 1.807) is 11.3 Å². The quantitative estimate of drug-likeness (QED) is 0.790. The number of nitrogens with one attached hydrogen (secondary N) is 1. The van der Waals surface area contributed by atoms with E-state index in [9.17, 15) is 0 Å². The van der Waals surface area contributed by atoms with Gasteiger partial charge in [0.15, 0.2) is 4.96 Å². The molecule has 19 heavy (non-hydrogen) atoms. The van der Waals surface area contributed by atoms with Crippen LogP contribution in [0, 0.1) is 0 Å². The molecule has 2 heterocycles. The van der Waals surface area contributed by atoms with E-state index in [-0.39, 0.29) is 6.04 Å². The molecule has 0 spiro atoms. The zero-order valence-corrected chi connectivity index (χ0v) is 12.1. The normalized spacial score (nSPS) is 12.9. The number of fused-ring (bicyclic) bond motifs is 1. The monoisotopic (exact) mass is 291 g/mol. The fraction of sp³-hybridized carbons (Fsp3) is 0.214. The number of benzene rings is 1. The minimum Gasteiger partial charge on any atom is -0.305 e. The Morgan fingerprint density at radius 3 is 2.89 bits per heavy atom. The van der Waals surface area contributed by atoms with E-state index in [1.165, 1.54) is 5.56 Å². The molecule has 0 saturated heterocycles. The first-order chi connectivity index (χ1) is 9.22. The summed E-state index contributed by atoms with van der Waals surface area (Å²) in [5.41, 5.74) is 2.29. The largest absolute Gasteiger partial charge is 0.305 e. The van der Waals surface area contributed by atoms with E-state index in [0.29, 0.717) is 0 Å². The van der Waals surface area contributed by atoms with Crippen molar-refractivity contribution in [1.82, 2.24) is 14.7 Å². The smallest absolute Gasteiger partial charge is 0.193 e. The second-order valence-corrected chi connectivity index (χ2v) is 5.79. The van der Waals surface area contributed by atoms with Gasteiger partial charge in [-0.1, -0.05) is 23.7 Å². The van der Waals surface area contributed by atoms with E-state index >= 15 is 0 Å². The standard InChI is InChI=1S/C14H14ClN3S/c1-10(11-2-4-12(15)5-3-11)16-8-13-9-18-6-7-19-14(18)17-13/h2-7,9-10,16H,8H2,1H3. The molecule has 0 saturated carbocycles. The maximum absolute atomic E-state index is 5.89. The summed E-state index contributed by atoms with van der Waals surface area (Å²) in [4.78, 5) is 5.59. The van der Waals surface area contributed by atoms with Crippen LogP contribution in [-0.4, -0.2) is 9.38 Å². The second kappa shape index (κ2) is 5.33. The molecular weight excluding hydrogens is 278 g/mol. The lowest BCUT2D eigenvalue weighted by atomic mass is 10.1. The van der Waals surface area contributed by atoms with E-state index < -0.39 is 0 Å². The molecule has 1 unspecified atom stereocenters. The summed E-state index contributed by atoms with van der Waals surface area (Å²) in [5.74, 6) is 0. The number of imidazole rings is 1. The zero-order valence-electron chi connectivity index (χ0n) is 10.5. The Hall–Kier alpha value is -1.36. The first kappa shape index (κ1) is 12.7. The maximum atomic E-state index is 5.89. The fourth-order valence-electron chi connectivity index (χ4n) is 1.99. The van der Waals surface area contributed by atoms with Gasteiger partial charge in [-0.25, -0.2) is 4.98 Å². The van der Waals surface area contributed by atoms with Crippen molar-refractivity contribution in [3.63, 3.8) is 0 Å². The van der Waals surface area contributed by atoms with Gasteiger partial charge < -0.3 is 5.32 Å². The number of thiazole rings is 1. The molecule has 0 amide bonds. The highest BCUT2D eigenvalue weighted by molar-refractivity contribution is 7.15. The summed E-state index contributed by atoms with van der Waals surface area (Å²) in [7, 11) is 0. The van der Waals surface area contributed by atoms with Gasteiger partial charge in [-0.05, 0) is 24.6 Å². The lowest BCUT2D eigenvalue weighted by Crippen LogP contribution is -2.18. The molecule has 3 nitrogen and oxygen atoms in total. The van der Waals surface area contributed by atoms with Crippen LogP contribution in [0.4, 0.5) is 0 Å². The molecule has 0 bridgehead atoms. The van der Waals surface area contributed by atoms with Crippen LogP contribution in [0.25, 0.3) is 4.96 Å². The van der Waals surface area contributed by atoms with Gasteiger partial charge in [-0.2, -0.15) is 0 Å². The maximum Gasteiger partial charge on any atom is 0.193 e. The molecule has 3 rings (SSSR count). The van der Waals surface area contributed by atoms with Gasteiger partial charge in [-0.15, -0.1) is 11.3 Å². The van der Waals surface area contributed by atoms with Gasteiger partial charge in [0.25, 0.3) is 0 Å². The van der Waals surface area contributed by atoms with Crippen molar-refractivity contribution in [3.05, 3.63) is 58.3 Å². The highest BCUT2D eigenvalue weighted by Crippen LogP contribution is 2.17. The molecule has 2 aromatic heterocycles. The molecule has 0 aliphatic rings. The van der Waals surface area contributed by atoms with Crippen LogP contribution in [0.5, 0.6) is 0 Å². The molecule has 1 atom stereocenters. The van der Waals surface area contributed by atoms with Crippen molar-refractivity contribution < 1.29 is 0 Å². The van der Waals surface area contributed by atoms with Crippen molar-refractivity contribution in [2.24, 2.45) is 0 Å². The van der Waals surface area contributed by atoms with E-state index in [4.69, 9.17) is 11.6 Å². The van der Waals surface area contributed by atoms with Crippen LogP contribution in [0.3, 0.4) is 0 Å². The number of aromatic nitrogens is 2. The minimum absolute atomic E-state index is 0.275. The SMILES string of the molecule is CC(NCc1cn2ccsc2n1)c1ccc(Cl)cc1. The number of nitrogens with zero attached hydrogens (tertiary/aromatic N) is 2. The first-order valence-corrected chi connectivity index (χ1v) is 7.38. The van der Waals surface area contributed by atoms with Crippen LogP contribution in [0.15, 0.2) is 42.0 Å². The second-order valence-electron chi connectivity index (χ2n) is 4.48. The van der Waals surface area contributed by atoms with Crippen LogP contribution >= 0.6 is 22.9 Å². The lowest BCUT2D eigenvalue weighted by Gasteiger charge is -2.13. The number of hydrogen-bond donors (Lipinski definition) is 1. The fourth-order valence-corrected chi connectivity index (χ4v) is 2.83. The predicted molar refractivity (Wildman–Crippen MR) is 79.8 cm³/mol. The Morgan fingerprint density at radius 1 is 1.37 bits per heavy atom. The Labute approximate surface area is 120 Å². The van der Waals surface area contributed by atoms with Gasteiger partial charge in [0.05, 0.1) is 5.69 Å². The molecule has 0 radical (unpaired) electrons. The number of halogens is 1. The average Bonchev–Trinajstić information content (AvgIpc) is 2.97. The van der Waals surface area contributed by atoms with Crippen molar-refractivity contribution in [2.45, 2.75) is 19.5 Å². The Balaban J connectivity index is 1.65. The van der Waals surface area contributed by atoms with Crippen LogP contribution < -0.4 is 5.32 Å². The highest BCUT2D eigenvalue weighted by atomic mass is 35.5. The predicted octanol–water partition coefficient (Wildman–Crippen LogP) is 3.90. The molecule has 0 aliphatic heterocycles. The average molecular weight is 292 g/mol. The third-order valence-corrected chi connectivity index (χ3v) is 4.13. The summed E-state index contributed by atoms with van der Waals surface area (Å²) in [6, 6.07) is 8.21. The van der Waals surface area contributed by atoms with E-state index in [0.717, 1.165) is 22.2 Å². The molecular formula is C14H14ClN3S. The molecule has 1 N–H and O–H groups in total. The van der Waals surface area contributed by atoms with Crippen LogP contribution in [0.2, 0.25) is 5.02 Å². The minimum atomic E-state index is 0.275. The molecule has 0 aliphatic carbocycles. The third-order valence-electron chi connectivity index (χ3n) is 3.10. The lowest BCUT2D eigenvalue weighted by molar-refractivity contribution is 0.569. The van der Waals surface area contributed by atoms with Gasteiger partial charge >= 0.3 is 0 Å². The molecule has 5 heteroatoms. The Bertz CT molecular complexity index is 643. The van der Waals surface area contributed by atoms with Gasteiger partial charge in [0, 0.05) is 35.4 Å². The third kappa shape index (κ3) is 2.81. The molecule has 0 fully saturated rings. The summed E-state index contributed by atoms with van der Waals surface area (Å²) in [6.07, 6.45) is 4.09. The van der Waals surface area contributed by atoms with Gasteiger partial charge in [-0.3, -0.25) is 4.40 Å². The zero-order chi connectivity index (χ0) is 13.2. The van der Waals surface area contributed by atoms with Crippen LogP contribution in [0.1, 0.15) is 24.2 Å². The van der Waals surface area contributed by atoms with Crippen molar-refractivity contribution in [1.29, 1.82) is 0 Å². The van der Waals surface area contributed by atoms with Gasteiger partial charge in [0.1, 0.15) is 0 Å². The molecule has 3 aromatic rings. The summed E-state index contributed by atoms with van der Waals surface area (Å²) >= 11 is 7.54. The van der Waals surface area contributed by atoms with Gasteiger partial charge in [0.2, 0.25) is 0 Å². The summed E-state index contributed by atoms with van der Waals surface area (Å²) < 4.78 is 2.05. The number of rotatable bonds is 4. The van der Waals surface area contributed by atoms with Crippen molar-refractivity contribution in [3.8, 4) is 0 Å². The summed E-state index contributed by atoms with van der Waals surface area (Å²) in [6.45, 7) is 2.90. The topological polar surface area (TPSA) is 29.3 Å². The summed E-state index contributed by atoms with van der Waals surface area (Å²) in [5, 5.41) is 6.28. The Morgan fingerprint density at radius 2 is 2.16 bits per heavy atom. The Kier molecular flexibility index (Phi) is 3.55. The number of hydrogen-bond acceptors (Lipinski definition) is 3. The van der Waals surface area contributed by atoms with Crippen molar-refractivity contribution in [2.75, 3.05) is 0 Å².